The second kappa shape index (κ2) is 9.73. The Morgan fingerprint density at radius 2 is 1.82 bits per heavy atom. The summed E-state index contributed by atoms with van der Waals surface area (Å²) in [7, 11) is 0. The van der Waals surface area contributed by atoms with Crippen LogP contribution in [0.2, 0.25) is 0 Å². The number of phenols is 1. The van der Waals surface area contributed by atoms with Crippen molar-refractivity contribution >= 4 is 28.7 Å². The molecule has 0 radical (unpaired) electrons. The van der Waals surface area contributed by atoms with Crippen LogP contribution in [0.4, 0.5) is 11.4 Å². The Balaban J connectivity index is 1.43. The molecule has 0 bridgehead atoms. The molecule has 1 aliphatic rings. The number of nitrogens with zero attached hydrogens (tertiary/aromatic N) is 2. The van der Waals surface area contributed by atoms with Gasteiger partial charge >= 0.3 is 0 Å². The van der Waals surface area contributed by atoms with Crippen LogP contribution in [-0.2, 0) is 0 Å². The van der Waals surface area contributed by atoms with E-state index >= 15 is 0 Å². The van der Waals surface area contributed by atoms with Gasteiger partial charge in [-0.3, -0.25) is 4.90 Å². The molecule has 1 fully saturated rings. The topological polar surface area (TPSA) is 85.0 Å². The lowest BCUT2D eigenvalue weighted by atomic mass is 10.0. The molecule has 1 unspecified atom stereocenters. The Labute approximate surface area is 171 Å². The molecular formula is C21H28N4O2S. The first-order valence-electron chi connectivity index (χ1n) is 9.62. The minimum atomic E-state index is -0.585. The number of nitrogens with two attached hydrogens (primary N) is 1. The third-order valence-corrected chi connectivity index (χ3v) is 5.21. The maximum atomic E-state index is 10.5. The van der Waals surface area contributed by atoms with Crippen LogP contribution >= 0.6 is 12.2 Å². The molecule has 2 aromatic rings. The molecule has 0 amide bonds. The number of rotatable bonds is 7. The van der Waals surface area contributed by atoms with Gasteiger partial charge in [0.25, 0.3) is 0 Å². The van der Waals surface area contributed by atoms with Crippen molar-refractivity contribution in [3.8, 4) is 5.75 Å². The van der Waals surface area contributed by atoms with E-state index in [0.717, 1.165) is 44.7 Å². The van der Waals surface area contributed by atoms with E-state index in [1.54, 1.807) is 18.2 Å². The highest BCUT2D eigenvalue weighted by Gasteiger charge is 2.17. The van der Waals surface area contributed by atoms with E-state index in [9.17, 15) is 10.2 Å². The number of piperazine rings is 1. The molecule has 6 nitrogen and oxygen atoms in total. The third kappa shape index (κ3) is 5.58. The smallest absolute Gasteiger partial charge is 0.168 e. The standard InChI is InChI=1S/C21H28N4O2S/c22-21(28)23-18-15-16(8-9-20(18)27)19(26)7-4-10-24-11-13-25(14-12-24)17-5-2-1-3-6-17/h1-3,5-6,8-9,15,19,26-27H,4,7,10-14H2,(H3,22,23,28). The molecule has 150 valence electrons. The number of hydrogen-bond donors (Lipinski definition) is 4. The molecule has 1 heterocycles. The first kappa shape index (κ1) is 20.4. The summed E-state index contributed by atoms with van der Waals surface area (Å²) in [6.45, 7) is 5.09. The predicted molar refractivity (Wildman–Crippen MR) is 118 cm³/mol. The van der Waals surface area contributed by atoms with Crippen molar-refractivity contribution in [3.05, 3.63) is 54.1 Å². The highest BCUT2D eigenvalue weighted by atomic mass is 32.1. The Morgan fingerprint density at radius 3 is 2.50 bits per heavy atom. The summed E-state index contributed by atoms with van der Waals surface area (Å²) in [6.07, 6.45) is 0.986. The Hall–Kier alpha value is -2.35. The average Bonchev–Trinajstić information content (AvgIpc) is 2.70. The largest absolute Gasteiger partial charge is 0.506 e. The molecule has 28 heavy (non-hydrogen) atoms. The van der Waals surface area contributed by atoms with E-state index in [-0.39, 0.29) is 10.9 Å². The molecule has 1 saturated heterocycles. The Morgan fingerprint density at radius 1 is 1.11 bits per heavy atom. The summed E-state index contributed by atoms with van der Waals surface area (Å²) in [5.41, 5.74) is 7.91. The monoisotopic (exact) mass is 400 g/mol. The molecule has 0 spiro atoms. The van der Waals surface area contributed by atoms with Gasteiger partial charge in [-0.1, -0.05) is 24.3 Å². The quantitative estimate of drug-likeness (QED) is 0.420. The summed E-state index contributed by atoms with van der Waals surface area (Å²) in [5.74, 6) is 0.0556. The van der Waals surface area contributed by atoms with Crippen molar-refractivity contribution in [3.63, 3.8) is 0 Å². The first-order chi connectivity index (χ1) is 13.5. The van der Waals surface area contributed by atoms with Crippen LogP contribution in [0, 0.1) is 0 Å². The van der Waals surface area contributed by atoms with Crippen molar-refractivity contribution in [1.82, 2.24) is 4.90 Å². The lowest BCUT2D eigenvalue weighted by Crippen LogP contribution is -2.46. The van der Waals surface area contributed by atoms with Crippen LogP contribution in [0.5, 0.6) is 5.75 Å². The van der Waals surface area contributed by atoms with Gasteiger partial charge in [-0.05, 0) is 61.4 Å². The van der Waals surface area contributed by atoms with E-state index < -0.39 is 6.10 Å². The average molecular weight is 401 g/mol. The number of anilines is 2. The van der Waals surface area contributed by atoms with Crippen molar-refractivity contribution in [2.45, 2.75) is 18.9 Å². The number of aliphatic hydroxyl groups excluding tert-OH is 1. The summed E-state index contributed by atoms with van der Waals surface area (Å²) in [6, 6.07) is 15.5. The van der Waals surface area contributed by atoms with Crippen molar-refractivity contribution < 1.29 is 10.2 Å². The minimum absolute atomic E-state index is 0.0556. The number of thiocarbonyl (C=S) groups is 1. The van der Waals surface area contributed by atoms with Crippen LogP contribution < -0.4 is 16.0 Å². The number of benzene rings is 2. The molecule has 5 N–H and O–H groups in total. The molecule has 1 atom stereocenters. The number of aliphatic hydroxyl groups is 1. The highest BCUT2D eigenvalue weighted by Crippen LogP contribution is 2.28. The maximum absolute atomic E-state index is 10.5. The van der Waals surface area contributed by atoms with Gasteiger partial charge in [0.1, 0.15) is 5.75 Å². The lowest BCUT2D eigenvalue weighted by molar-refractivity contribution is 0.154. The second-order valence-electron chi connectivity index (χ2n) is 7.09. The molecule has 0 aliphatic carbocycles. The Bertz CT molecular complexity index is 779. The SMILES string of the molecule is NC(=S)Nc1cc(C(O)CCCN2CCN(c3ccccc3)CC2)ccc1O. The van der Waals surface area contributed by atoms with E-state index in [0.29, 0.717) is 12.1 Å². The summed E-state index contributed by atoms with van der Waals surface area (Å²) in [4.78, 5) is 4.86. The summed E-state index contributed by atoms with van der Waals surface area (Å²) < 4.78 is 0. The van der Waals surface area contributed by atoms with Crippen LogP contribution in [0.3, 0.4) is 0 Å². The molecule has 0 aromatic heterocycles. The van der Waals surface area contributed by atoms with Gasteiger partial charge in [0.2, 0.25) is 0 Å². The summed E-state index contributed by atoms with van der Waals surface area (Å²) in [5, 5.41) is 23.1. The van der Waals surface area contributed by atoms with Crippen LogP contribution in [-0.4, -0.2) is 52.9 Å². The fraction of sp³-hybridized carbons (Fsp3) is 0.381. The lowest BCUT2D eigenvalue weighted by Gasteiger charge is -2.36. The fourth-order valence-corrected chi connectivity index (χ4v) is 3.65. The minimum Gasteiger partial charge on any atom is -0.506 e. The van der Waals surface area contributed by atoms with Crippen molar-refractivity contribution in [2.24, 2.45) is 5.73 Å². The predicted octanol–water partition coefficient (Wildman–Crippen LogP) is 2.68. The third-order valence-electron chi connectivity index (χ3n) is 5.11. The van der Waals surface area contributed by atoms with E-state index in [2.05, 4.69) is 39.4 Å². The van der Waals surface area contributed by atoms with E-state index in [4.69, 9.17) is 18.0 Å². The van der Waals surface area contributed by atoms with Crippen molar-refractivity contribution in [1.29, 1.82) is 0 Å². The number of phenolic OH excluding ortho intramolecular Hbond substituents is 1. The summed E-state index contributed by atoms with van der Waals surface area (Å²) >= 11 is 4.81. The van der Waals surface area contributed by atoms with Crippen LogP contribution in [0.15, 0.2) is 48.5 Å². The molecule has 3 rings (SSSR count). The molecule has 2 aromatic carbocycles. The second-order valence-corrected chi connectivity index (χ2v) is 7.53. The maximum Gasteiger partial charge on any atom is 0.168 e. The van der Waals surface area contributed by atoms with Crippen molar-refractivity contribution in [2.75, 3.05) is 42.9 Å². The zero-order valence-electron chi connectivity index (χ0n) is 15.9. The normalized spacial score (nSPS) is 16.0. The van der Waals surface area contributed by atoms with Gasteiger partial charge in [0.05, 0.1) is 11.8 Å². The van der Waals surface area contributed by atoms with E-state index in [1.807, 2.05) is 6.07 Å². The highest BCUT2D eigenvalue weighted by molar-refractivity contribution is 7.80. The van der Waals surface area contributed by atoms with Gasteiger partial charge in [0, 0.05) is 31.9 Å². The molecular weight excluding hydrogens is 372 g/mol. The van der Waals surface area contributed by atoms with Gasteiger partial charge in [-0.25, -0.2) is 0 Å². The molecule has 7 heteroatoms. The molecule has 1 aliphatic heterocycles. The fourth-order valence-electron chi connectivity index (χ4n) is 3.54. The van der Waals surface area contributed by atoms with Gasteiger partial charge in [-0.2, -0.15) is 0 Å². The number of nitrogens with one attached hydrogen (secondary N) is 1. The zero-order valence-corrected chi connectivity index (χ0v) is 16.7. The van der Waals surface area contributed by atoms with Crippen LogP contribution in [0.25, 0.3) is 0 Å². The number of para-hydroxylation sites is 1. The first-order valence-corrected chi connectivity index (χ1v) is 10.0. The molecule has 0 saturated carbocycles. The van der Waals surface area contributed by atoms with Gasteiger partial charge < -0.3 is 26.2 Å². The number of hydrogen-bond acceptors (Lipinski definition) is 5. The number of aromatic hydroxyl groups is 1. The van der Waals surface area contributed by atoms with Gasteiger partial charge in [0.15, 0.2) is 5.11 Å². The Kier molecular flexibility index (Phi) is 7.08. The van der Waals surface area contributed by atoms with E-state index in [1.165, 1.54) is 5.69 Å². The van der Waals surface area contributed by atoms with Gasteiger partial charge in [-0.15, -0.1) is 0 Å². The zero-order chi connectivity index (χ0) is 19.9. The van der Waals surface area contributed by atoms with Crippen LogP contribution in [0.1, 0.15) is 24.5 Å².